The van der Waals surface area contributed by atoms with Crippen molar-refractivity contribution in [2.45, 2.75) is 27.2 Å². The number of hydrogen-bond donors (Lipinski definition) is 2. The highest BCUT2D eigenvalue weighted by molar-refractivity contribution is 6.32. The minimum Gasteiger partial charge on any atom is -0.465 e. The van der Waals surface area contributed by atoms with Gasteiger partial charge in [-0.3, -0.25) is 4.79 Å². The Bertz CT molecular complexity index is 946. The summed E-state index contributed by atoms with van der Waals surface area (Å²) in [6.07, 6.45) is 0.0156. The first-order valence-electron chi connectivity index (χ1n) is 8.90. The van der Waals surface area contributed by atoms with Crippen molar-refractivity contribution in [3.05, 3.63) is 51.7 Å². The average Bonchev–Trinajstić information content (AvgIpc) is 2.69. The van der Waals surface area contributed by atoms with E-state index in [9.17, 15) is 14.4 Å². The first kappa shape index (κ1) is 22.2. The number of pyridine rings is 1. The Balaban J connectivity index is 2.38. The van der Waals surface area contributed by atoms with Crippen LogP contribution in [0.25, 0.3) is 0 Å². The lowest BCUT2D eigenvalue weighted by atomic mass is 10.1. The molecule has 2 N–H and O–H groups in total. The van der Waals surface area contributed by atoms with Crippen molar-refractivity contribution < 1.29 is 23.9 Å². The second kappa shape index (κ2) is 9.88. The molecule has 154 valence electrons. The molecule has 0 aliphatic carbocycles. The van der Waals surface area contributed by atoms with Crippen molar-refractivity contribution in [2.75, 3.05) is 19.0 Å². The van der Waals surface area contributed by atoms with Crippen molar-refractivity contribution in [1.29, 1.82) is 0 Å². The second-order valence-corrected chi connectivity index (χ2v) is 6.57. The van der Waals surface area contributed by atoms with Crippen LogP contribution in [0.4, 0.5) is 10.5 Å². The maximum atomic E-state index is 12.9. The van der Waals surface area contributed by atoms with Gasteiger partial charge in [0.25, 0.3) is 5.91 Å². The summed E-state index contributed by atoms with van der Waals surface area (Å²) >= 11 is 6.14. The highest BCUT2D eigenvalue weighted by atomic mass is 35.5. The highest BCUT2D eigenvalue weighted by Gasteiger charge is 2.22. The van der Waals surface area contributed by atoms with E-state index in [-0.39, 0.29) is 22.7 Å². The number of aryl methyl sites for hydroxylation is 1. The van der Waals surface area contributed by atoms with Crippen LogP contribution in [0.15, 0.2) is 24.3 Å². The standard InChI is InChI=1S/C20H22ClN3O5/c1-5-10-22-20(27)29-18-14(7-6-11(2)23-18)17(25)24-16-12(3)15(21)9-8-13(16)19(26)28-4/h6-9H,5,10H2,1-4H3,(H,22,27)(H,24,25). The number of carbonyl (C=O) groups is 3. The van der Waals surface area contributed by atoms with Gasteiger partial charge >= 0.3 is 12.1 Å². The Morgan fingerprint density at radius 3 is 2.45 bits per heavy atom. The number of amides is 2. The number of nitrogens with zero attached hydrogens (tertiary/aromatic N) is 1. The van der Waals surface area contributed by atoms with Crippen LogP contribution < -0.4 is 15.4 Å². The minimum absolute atomic E-state index is 0.0254. The van der Waals surface area contributed by atoms with Crippen LogP contribution in [0.3, 0.4) is 0 Å². The molecule has 0 fully saturated rings. The lowest BCUT2D eigenvalue weighted by molar-refractivity contribution is 0.0602. The molecule has 9 heteroatoms. The fraction of sp³-hybridized carbons (Fsp3) is 0.300. The molecule has 1 aromatic carbocycles. The Labute approximate surface area is 173 Å². The topological polar surface area (TPSA) is 107 Å². The van der Waals surface area contributed by atoms with Crippen molar-refractivity contribution in [1.82, 2.24) is 10.3 Å². The molecule has 0 aliphatic rings. The molecular formula is C20H22ClN3O5. The average molecular weight is 420 g/mol. The summed E-state index contributed by atoms with van der Waals surface area (Å²) in [6, 6.07) is 6.09. The Morgan fingerprint density at radius 1 is 1.10 bits per heavy atom. The number of rotatable bonds is 6. The fourth-order valence-corrected chi connectivity index (χ4v) is 2.60. The van der Waals surface area contributed by atoms with E-state index in [1.54, 1.807) is 26.0 Å². The molecule has 1 heterocycles. The van der Waals surface area contributed by atoms with Gasteiger partial charge in [-0.1, -0.05) is 18.5 Å². The molecule has 2 rings (SSSR count). The summed E-state index contributed by atoms with van der Waals surface area (Å²) < 4.78 is 9.97. The van der Waals surface area contributed by atoms with E-state index in [0.717, 1.165) is 6.42 Å². The smallest absolute Gasteiger partial charge is 0.413 e. The molecule has 0 saturated carbocycles. The zero-order chi connectivity index (χ0) is 21.6. The minimum atomic E-state index is -0.715. The molecule has 0 unspecified atom stereocenters. The fourth-order valence-electron chi connectivity index (χ4n) is 2.44. The predicted octanol–water partition coefficient (Wildman–Crippen LogP) is 3.89. The van der Waals surface area contributed by atoms with Crippen LogP contribution in [0, 0.1) is 13.8 Å². The molecular weight excluding hydrogens is 398 g/mol. The molecule has 0 saturated heterocycles. The third kappa shape index (κ3) is 5.45. The molecule has 0 spiro atoms. The predicted molar refractivity (Wildman–Crippen MR) is 109 cm³/mol. The normalized spacial score (nSPS) is 10.2. The molecule has 1 aromatic heterocycles. The van der Waals surface area contributed by atoms with Crippen LogP contribution in [-0.2, 0) is 4.74 Å². The molecule has 0 bridgehead atoms. The van der Waals surface area contributed by atoms with Gasteiger partial charge in [0.15, 0.2) is 0 Å². The number of carbonyl (C=O) groups excluding carboxylic acids is 3. The first-order valence-corrected chi connectivity index (χ1v) is 9.28. The molecule has 0 aliphatic heterocycles. The third-order valence-electron chi connectivity index (χ3n) is 4.00. The number of aromatic nitrogens is 1. The van der Waals surface area contributed by atoms with Gasteiger partial charge in [-0.15, -0.1) is 0 Å². The van der Waals surface area contributed by atoms with E-state index in [1.165, 1.54) is 19.2 Å². The van der Waals surface area contributed by atoms with Gasteiger partial charge in [0, 0.05) is 17.3 Å². The number of methoxy groups -OCH3 is 1. The van der Waals surface area contributed by atoms with E-state index in [2.05, 4.69) is 15.6 Å². The quantitative estimate of drug-likeness (QED) is 0.688. The van der Waals surface area contributed by atoms with Gasteiger partial charge in [-0.05, 0) is 50.1 Å². The van der Waals surface area contributed by atoms with Gasteiger partial charge in [0.05, 0.1) is 18.4 Å². The van der Waals surface area contributed by atoms with Crippen molar-refractivity contribution in [3.8, 4) is 5.88 Å². The number of ether oxygens (including phenoxy) is 2. The summed E-state index contributed by atoms with van der Waals surface area (Å²) in [6.45, 7) is 5.69. The lowest BCUT2D eigenvalue weighted by Crippen LogP contribution is -2.29. The summed E-state index contributed by atoms with van der Waals surface area (Å²) in [4.78, 5) is 41.0. The van der Waals surface area contributed by atoms with Gasteiger partial charge in [0.2, 0.25) is 5.88 Å². The second-order valence-electron chi connectivity index (χ2n) is 6.16. The summed E-state index contributed by atoms with van der Waals surface area (Å²) in [5.41, 5.74) is 1.43. The third-order valence-corrected chi connectivity index (χ3v) is 4.41. The maximum absolute atomic E-state index is 12.9. The number of halogens is 1. The monoisotopic (exact) mass is 419 g/mol. The number of hydrogen-bond acceptors (Lipinski definition) is 6. The number of esters is 1. The first-order chi connectivity index (χ1) is 13.8. The van der Waals surface area contributed by atoms with E-state index in [4.69, 9.17) is 21.1 Å². The maximum Gasteiger partial charge on any atom is 0.413 e. The molecule has 0 radical (unpaired) electrons. The van der Waals surface area contributed by atoms with Crippen molar-refractivity contribution in [3.63, 3.8) is 0 Å². The highest BCUT2D eigenvalue weighted by Crippen LogP contribution is 2.29. The molecule has 0 atom stereocenters. The van der Waals surface area contributed by atoms with Crippen LogP contribution in [0.1, 0.15) is 45.3 Å². The van der Waals surface area contributed by atoms with E-state index in [1.807, 2.05) is 6.92 Å². The van der Waals surface area contributed by atoms with E-state index < -0.39 is 18.0 Å². The molecule has 8 nitrogen and oxygen atoms in total. The zero-order valence-electron chi connectivity index (χ0n) is 16.6. The largest absolute Gasteiger partial charge is 0.465 e. The van der Waals surface area contributed by atoms with Crippen molar-refractivity contribution in [2.24, 2.45) is 0 Å². The Morgan fingerprint density at radius 2 is 1.79 bits per heavy atom. The van der Waals surface area contributed by atoms with E-state index in [0.29, 0.717) is 22.8 Å². The number of benzene rings is 1. The lowest BCUT2D eigenvalue weighted by Gasteiger charge is -2.15. The summed E-state index contributed by atoms with van der Waals surface area (Å²) in [7, 11) is 1.24. The SMILES string of the molecule is CCCNC(=O)Oc1nc(C)ccc1C(=O)Nc1c(C(=O)OC)ccc(Cl)c1C. The Kier molecular flexibility index (Phi) is 7.55. The van der Waals surface area contributed by atoms with Gasteiger partial charge in [-0.2, -0.15) is 0 Å². The molecule has 29 heavy (non-hydrogen) atoms. The molecule has 2 aromatic rings. The van der Waals surface area contributed by atoms with Crippen LogP contribution in [-0.4, -0.2) is 36.6 Å². The van der Waals surface area contributed by atoms with Gasteiger partial charge in [-0.25, -0.2) is 14.6 Å². The number of nitrogens with one attached hydrogen (secondary N) is 2. The van der Waals surface area contributed by atoms with Crippen LogP contribution >= 0.6 is 11.6 Å². The number of anilines is 1. The van der Waals surface area contributed by atoms with Gasteiger partial charge in [0.1, 0.15) is 5.56 Å². The van der Waals surface area contributed by atoms with Crippen LogP contribution in [0.5, 0.6) is 5.88 Å². The van der Waals surface area contributed by atoms with Gasteiger partial charge < -0.3 is 20.1 Å². The van der Waals surface area contributed by atoms with Crippen LogP contribution in [0.2, 0.25) is 5.02 Å². The zero-order valence-corrected chi connectivity index (χ0v) is 17.3. The summed E-state index contributed by atoms with van der Waals surface area (Å²) in [5, 5.41) is 5.57. The Hall–Kier alpha value is -3.13. The van der Waals surface area contributed by atoms with Crippen molar-refractivity contribution >= 4 is 35.3 Å². The summed E-state index contributed by atoms with van der Waals surface area (Å²) in [5.74, 6) is -1.39. The molecule has 2 amide bonds. The van der Waals surface area contributed by atoms with E-state index >= 15 is 0 Å².